The number of benzene rings is 6. The number of hydrogen-bond donors (Lipinski definition) is 1. The molecule has 0 aliphatic carbocycles. The van der Waals surface area contributed by atoms with E-state index in [2.05, 4.69) is 140 Å². The second kappa shape index (κ2) is 12.5. The molecule has 6 aromatic carbocycles. The zero-order valence-corrected chi connectivity index (χ0v) is 25.7. The fourth-order valence-corrected chi connectivity index (χ4v) is 5.49. The molecular weight excluding hydrogens is 601 g/mol. The van der Waals surface area contributed by atoms with Gasteiger partial charge in [0.1, 0.15) is 0 Å². The van der Waals surface area contributed by atoms with Crippen molar-refractivity contribution in [2.75, 3.05) is 0 Å². The molecule has 3 nitrogen and oxygen atoms in total. The van der Waals surface area contributed by atoms with Gasteiger partial charge < -0.3 is 4.98 Å². The van der Waals surface area contributed by atoms with Crippen LogP contribution in [0.25, 0.3) is 43.1 Å². The van der Waals surface area contributed by atoms with Gasteiger partial charge in [-0.25, -0.2) is 0 Å². The van der Waals surface area contributed by atoms with Crippen LogP contribution in [0.1, 0.15) is 25.2 Å². The maximum atomic E-state index is 5.17. The van der Waals surface area contributed by atoms with E-state index in [9.17, 15) is 0 Å². The normalized spacial score (nSPS) is 12.3. The van der Waals surface area contributed by atoms with Crippen molar-refractivity contribution in [2.45, 2.75) is 13.8 Å². The molecule has 0 saturated heterocycles. The summed E-state index contributed by atoms with van der Waals surface area (Å²) in [6, 6.07) is 42.5. The van der Waals surface area contributed by atoms with Crippen molar-refractivity contribution in [1.82, 2.24) is 4.98 Å². The Balaban J connectivity index is 0.00000101. The van der Waals surface area contributed by atoms with Gasteiger partial charge in [0.15, 0.2) is 0 Å². The number of aromatic amines is 1. The fourth-order valence-electron chi connectivity index (χ4n) is 5.49. The van der Waals surface area contributed by atoms with Crippen molar-refractivity contribution in [3.8, 4) is 0 Å². The summed E-state index contributed by atoms with van der Waals surface area (Å²) >= 11 is 0.194. The summed E-state index contributed by atoms with van der Waals surface area (Å²) in [5.74, 6) is 0. The Bertz CT molecular complexity index is 1870. The first-order valence-corrected chi connectivity index (χ1v) is 16.6. The summed E-state index contributed by atoms with van der Waals surface area (Å²) in [7, 11) is 9.53. The summed E-state index contributed by atoms with van der Waals surface area (Å²) in [6.45, 7) is 4.13. The second-order valence-corrected chi connectivity index (χ2v) is 11.9. The van der Waals surface area contributed by atoms with Crippen LogP contribution in [0, 0.1) is 0 Å². The Morgan fingerprint density at radius 2 is 0.786 bits per heavy atom. The van der Waals surface area contributed by atoms with E-state index in [0.717, 1.165) is 55.7 Å². The predicted octanol–water partition coefficient (Wildman–Crippen LogP) is 11.3. The molecule has 0 aliphatic heterocycles. The maximum absolute atomic E-state index is 5.17. The molecule has 0 aliphatic rings. The average molecular weight is 628 g/mol. The Hall–Kier alpha value is -3.92. The molecule has 0 bridgehead atoms. The molecule has 0 unspecified atom stereocenters. The molecule has 1 aromatic heterocycles. The first-order chi connectivity index (χ1) is 20.6. The standard InChI is InChI=1S/C36H27N3.2ClH.Fe/c1-23(37-35-29-15-7-3-11-25(29)21-26-12-4-8-16-30(26)35)33-19-20-34(39-33)24(2)38-36-31-17-9-5-13-27(31)22-28-14-6-10-18-32(28)36;;;/h3-22,39H,1-2H3;2*1H;/q;;;+2/p-2. The van der Waals surface area contributed by atoms with Gasteiger partial charge in [-0.05, 0) is 59.7 Å². The first kappa shape index (κ1) is 28.2. The molecule has 7 aromatic rings. The van der Waals surface area contributed by atoms with Crippen molar-refractivity contribution < 1.29 is 13.1 Å². The topological polar surface area (TPSA) is 40.5 Å². The Morgan fingerprint density at radius 1 is 0.500 bits per heavy atom. The van der Waals surface area contributed by atoms with Gasteiger partial charge in [0.2, 0.25) is 0 Å². The van der Waals surface area contributed by atoms with Gasteiger partial charge in [0.25, 0.3) is 0 Å². The molecule has 1 heterocycles. The van der Waals surface area contributed by atoms with Crippen molar-refractivity contribution >= 4 is 86.1 Å². The molecule has 42 heavy (non-hydrogen) atoms. The molecule has 208 valence electrons. The fraction of sp³-hybridized carbons (Fsp3) is 0.0556. The van der Waals surface area contributed by atoms with Crippen LogP contribution < -0.4 is 0 Å². The third kappa shape index (κ3) is 5.60. The van der Waals surface area contributed by atoms with Crippen LogP contribution in [0.4, 0.5) is 11.4 Å². The number of nitrogens with one attached hydrogen (secondary N) is 1. The van der Waals surface area contributed by atoms with Gasteiger partial charge in [0, 0.05) is 21.5 Å². The number of hydrogen-bond acceptors (Lipinski definition) is 2. The molecule has 0 spiro atoms. The van der Waals surface area contributed by atoms with E-state index in [1.54, 1.807) is 0 Å². The zero-order chi connectivity index (χ0) is 29.1. The van der Waals surface area contributed by atoms with Gasteiger partial charge >= 0.3 is 33.3 Å². The van der Waals surface area contributed by atoms with Gasteiger partial charge in [0.05, 0.1) is 34.2 Å². The monoisotopic (exact) mass is 627 g/mol. The van der Waals surface area contributed by atoms with Crippen molar-refractivity contribution in [3.05, 3.63) is 133 Å². The van der Waals surface area contributed by atoms with Crippen LogP contribution in [0.2, 0.25) is 0 Å². The number of nitrogens with zero attached hydrogens (tertiary/aromatic N) is 2. The van der Waals surface area contributed by atoms with Gasteiger partial charge in [-0.15, -0.1) is 0 Å². The number of rotatable bonds is 4. The molecule has 0 amide bonds. The number of aliphatic imine (C=N–C) groups is 2. The van der Waals surface area contributed by atoms with Gasteiger partial charge in [-0.3, -0.25) is 9.98 Å². The first-order valence-electron chi connectivity index (χ1n) is 13.5. The third-order valence-corrected chi connectivity index (χ3v) is 7.51. The van der Waals surface area contributed by atoms with E-state index in [1.165, 1.54) is 21.5 Å². The Morgan fingerprint density at radius 3 is 1.10 bits per heavy atom. The Kier molecular flexibility index (Phi) is 8.41. The number of aromatic nitrogens is 1. The van der Waals surface area contributed by atoms with Crippen molar-refractivity contribution in [3.63, 3.8) is 0 Å². The molecule has 6 heteroatoms. The number of fused-ring (bicyclic) bond motifs is 4. The van der Waals surface area contributed by atoms with Gasteiger partial charge in [-0.1, -0.05) is 97.1 Å². The minimum atomic E-state index is 0.194. The summed E-state index contributed by atoms with van der Waals surface area (Å²) in [5, 5.41) is 9.40. The van der Waals surface area contributed by atoms with Crippen LogP contribution in [0.15, 0.2) is 131 Å². The van der Waals surface area contributed by atoms with E-state index in [1.807, 2.05) is 0 Å². The summed E-state index contributed by atoms with van der Waals surface area (Å²) < 4.78 is 0. The number of halogens is 2. The summed E-state index contributed by atoms with van der Waals surface area (Å²) in [4.78, 5) is 13.9. The Labute approximate surface area is 259 Å². The average Bonchev–Trinajstić information content (AvgIpc) is 3.52. The van der Waals surface area contributed by atoms with E-state index >= 15 is 0 Å². The van der Waals surface area contributed by atoms with Crippen LogP contribution in [-0.4, -0.2) is 16.4 Å². The van der Waals surface area contributed by atoms with E-state index in [0.29, 0.717) is 0 Å². The van der Waals surface area contributed by atoms with Crippen molar-refractivity contribution in [2.24, 2.45) is 9.98 Å². The van der Waals surface area contributed by atoms with Gasteiger partial charge in [-0.2, -0.15) is 0 Å². The molecular formula is C36H27Cl2FeN3. The molecule has 1 N–H and O–H groups in total. The van der Waals surface area contributed by atoms with Crippen LogP contribution in [0.5, 0.6) is 0 Å². The predicted molar refractivity (Wildman–Crippen MR) is 179 cm³/mol. The second-order valence-electron chi connectivity index (χ2n) is 10.1. The van der Waals surface area contributed by atoms with E-state index < -0.39 is 0 Å². The quantitative estimate of drug-likeness (QED) is 0.115. The minimum absolute atomic E-state index is 0.194. The molecule has 0 saturated carbocycles. The van der Waals surface area contributed by atoms with Crippen LogP contribution in [0.3, 0.4) is 0 Å². The zero-order valence-electron chi connectivity index (χ0n) is 23.1. The number of H-pyrrole nitrogens is 1. The molecule has 0 fully saturated rings. The SMILES string of the molecule is CC(=Nc1c2ccccc2cc2ccccc12)c1ccc(C(C)=Nc2c3ccccc3cc3ccccc23)[nH]1.[Cl][Fe][Cl]. The molecule has 0 atom stereocenters. The third-order valence-electron chi connectivity index (χ3n) is 7.51. The van der Waals surface area contributed by atoms with Crippen LogP contribution >= 0.6 is 20.2 Å². The van der Waals surface area contributed by atoms with Crippen LogP contribution in [-0.2, 0) is 13.1 Å². The molecule has 0 radical (unpaired) electrons. The van der Waals surface area contributed by atoms with E-state index in [-0.39, 0.29) is 13.1 Å². The molecule has 7 rings (SSSR count). The van der Waals surface area contributed by atoms with E-state index in [4.69, 9.17) is 30.2 Å². The summed E-state index contributed by atoms with van der Waals surface area (Å²) in [6.07, 6.45) is 0. The van der Waals surface area contributed by atoms with Crippen molar-refractivity contribution in [1.29, 1.82) is 0 Å². The summed E-state index contributed by atoms with van der Waals surface area (Å²) in [5.41, 5.74) is 5.85.